The highest BCUT2D eigenvalue weighted by Crippen LogP contribution is 2.20. The van der Waals surface area contributed by atoms with Crippen molar-refractivity contribution in [3.63, 3.8) is 0 Å². The molecular weight excluding hydrogens is 450 g/mol. The minimum atomic E-state index is -0.180. The summed E-state index contributed by atoms with van der Waals surface area (Å²) >= 11 is 0. The van der Waals surface area contributed by atoms with Crippen molar-refractivity contribution in [2.75, 3.05) is 36.9 Å². The van der Waals surface area contributed by atoms with Crippen LogP contribution in [0.25, 0.3) is 0 Å². The van der Waals surface area contributed by atoms with Crippen molar-refractivity contribution in [3.05, 3.63) is 90.0 Å². The van der Waals surface area contributed by atoms with Crippen LogP contribution in [-0.4, -0.2) is 43.0 Å². The molecular formula is C30H35N3O3. The van der Waals surface area contributed by atoms with Gasteiger partial charge in [0, 0.05) is 36.1 Å². The van der Waals surface area contributed by atoms with E-state index in [1.54, 1.807) is 24.3 Å². The van der Waals surface area contributed by atoms with E-state index in [1.807, 2.05) is 47.4 Å². The molecule has 0 radical (unpaired) electrons. The van der Waals surface area contributed by atoms with Crippen molar-refractivity contribution in [2.45, 2.75) is 32.6 Å². The topological polar surface area (TPSA) is 70.7 Å². The maximum Gasteiger partial charge on any atom is 0.253 e. The molecule has 1 aliphatic heterocycles. The predicted octanol–water partition coefficient (Wildman–Crippen LogP) is 5.62. The van der Waals surface area contributed by atoms with Gasteiger partial charge in [0.1, 0.15) is 5.75 Å². The minimum absolute atomic E-state index is 0.0247. The van der Waals surface area contributed by atoms with Gasteiger partial charge in [-0.05, 0) is 67.5 Å². The third-order valence-corrected chi connectivity index (χ3v) is 6.47. The van der Waals surface area contributed by atoms with E-state index in [0.717, 1.165) is 50.2 Å². The molecule has 0 aromatic heterocycles. The second-order valence-corrected chi connectivity index (χ2v) is 9.42. The Hall–Kier alpha value is -3.80. The van der Waals surface area contributed by atoms with Gasteiger partial charge in [0.2, 0.25) is 5.91 Å². The van der Waals surface area contributed by atoms with Crippen molar-refractivity contribution in [3.8, 4) is 5.75 Å². The first-order valence-electron chi connectivity index (χ1n) is 12.8. The van der Waals surface area contributed by atoms with Crippen LogP contribution in [-0.2, 0) is 11.2 Å². The highest BCUT2D eigenvalue weighted by Gasteiger charge is 2.21. The number of rotatable bonds is 10. The van der Waals surface area contributed by atoms with Gasteiger partial charge in [0.25, 0.3) is 5.91 Å². The van der Waals surface area contributed by atoms with Crippen LogP contribution in [0.2, 0.25) is 0 Å². The number of hydrogen-bond donors (Lipinski definition) is 2. The van der Waals surface area contributed by atoms with Gasteiger partial charge >= 0.3 is 0 Å². The van der Waals surface area contributed by atoms with Crippen LogP contribution < -0.4 is 15.4 Å². The van der Waals surface area contributed by atoms with Gasteiger partial charge in [-0.25, -0.2) is 0 Å². The Kier molecular flexibility index (Phi) is 8.98. The Morgan fingerprint density at radius 2 is 1.67 bits per heavy atom. The lowest BCUT2D eigenvalue weighted by Gasteiger charge is -2.30. The first-order valence-corrected chi connectivity index (χ1v) is 12.8. The number of nitrogens with zero attached hydrogens (tertiary/aromatic N) is 1. The molecule has 1 aliphatic rings. The maximum atomic E-state index is 12.8. The number of anilines is 2. The molecule has 2 N–H and O–H groups in total. The van der Waals surface area contributed by atoms with Gasteiger partial charge in [0.15, 0.2) is 0 Å². The first kappa shape index (κ1) is 25.3. The summed E-state index contributed by atoms with van der Waals surface area (Å²) in [6.07, 6.45) is 3.98. The Labute approximate surface area is 213 Å². The number of piperidine rings is 1. The van der Waals surface area contributed by atoms with Crippen molar-refractivity contribution in [2.24, 2.45) is 5.92 Å². The second kappa shape index (κ2) is 12.8. The average molecular weight is 486 g/mol. The van der Waals surface area contributed by atoms with E-state index >= 15 is 0 Å². The molecule has 6 nitrogen and oxygen atoms in total. The van der Waals surface area contributed by atoms with Crippen molar-refractivity contribution < 1.29 is 14.3 Å². The number of aryl methyl sites for hydroxylation is 1. The molecule has 1 fully saturated rings. The van der Waals surface area contributed by atoms with E-state index < -0.39 is 0 Å². The van der Waals surface area contributed by atoms with Gasteiger partial charge < -0.3 is 20.3 Å². The lowest BCUT2D eigenvalue weighted by molar-refractivity contribution is -0.114. The molecule has 3 aromatic carbocycles. The van der Waals surface area contributed by atoms with Gasteiger partial charge in [-0.1, -0.05) is 49.4 Å². The number of benzene rings is 3. The van der Waals surface area contributed by atoms with Crippen LogP contribution in [0.4, 0.5) is 11.4 Å². The largest absolute Gasteiger partial charge is 0.494 e. The lowest BCUT2D eigenvalue weighted by Crippen LogP contribution is -2.37. The molecule has 0 aliphatic carbocycles. The fraction of sp³-hybridized carbons (Fsp3) is 0.333. The molecule has 4 rings (SSSR count). The molecule has 36 heavy (non-hydrogen) atoms. The third kappa shape index (κ3) is 7.60. The van der Waals surface area contributed by atoms with E-state index in [9.17, 15) is 9.59 Å². The summed E-state index contributed by atoms with van der Waals surface area (Å²) < 4.78 is 5.89. The molecule has 0 unspecified atom stereocenters. The summed E-state index contributed by atoms with van der Waals surface area (Å²) in [5.74, 6) is 1.28. The summed E-state index contributed by atoms with van der Waals surface area (Å²) in [6.45, 7) is 4.54. The van der Waals surface area contributed by atoms with Crippen molar-refractivity contribution >= 4 is 23.2 Å². The molecule has 0 spiro atoms. The van der Waals surface area contributed by atoms with Gasteiger partial charge in [-0.15, -0.1) is 0 Å². The number of carbonyl (C=O) groups is 2. The molecule has 0 atom stereocenters. The fourth-order valence-electron chi connectivity index (χ4n) is 4.32. The van der Waals surface area contributed by atoms with E-state index in [1.165, 1.54) is 5.56 Å². The number of ether oxygens (including phenoxy) is 1. The summed E-state index contributed by atoms with van der Waals surface area (Å²) in [4.78, 5) is 27.3. The van der Waals surface area contributed by atoms with Crippen LogP contribution in [0, 0.1) is 5.92 Å². The van der Waals surface area contributed by atoms with Crippen LogP contribution in [0.1, 0.15) is 42.1 Å². The number of likely N-dealkylation sites (tertiary alicyclic amines) is 1. The zero-order valence-corrected chi connectivity index (χ0v) is 20.9. The number of nitrogens with one attached hydrogen (secondary N) is 2. The van der Waals surface area contributed by atoms with Crippen molar-refractivity contribution in [1.82, 2.24) is 4.90 Å². The first-order chi connectivity index (χ1) is 17.6. The molecule has 3 aromatic rings. The second-order valence-electron chi connectivity index (χ2n) is 9.42. The van der Waals surface area contributed by atoms with Crippen LogP contribution in [0.15, 0.2) is 78.9 Å². The fourth-order valence-corrected chi connectivity index (χ4v) is 4.32. The van der Waals surface area contributed by atoms with E-state index in [4.69, 9.17) is 4.74 Å². The lowest BCUT2D eigenvalue weighted by atomic mass is 9.98. The molecule has 2 amide bonds. The van der Waals surface area contributed by atoms with Crippen LogP contribution >= 0.6 is 0 Å². The normalized spacial score (nSPS) is 13.8. The molecule has 6 heteroatoms. The predicted molar refractivity (Wildman–Crippen MR) is 145 cm³/mol. The minimum Gasteiger partial charge on any atom is -0.494 e. The zero-order valence-electron chi connectivity index (χ0n) is 20.9. The summed E-state index contributed by atoms with van der Waals surface area (Å²) in [7, 11) is 0. The monoisotopic (exact) mass is 485 g/mol. The van der Waals surface area contributed by atoms with Gasteiger partial charge in [-0.3, -0.25) is 9.59 Å². The highest BCUT2D eigenvalue weighted by molar-refractivity contribution is 5.98. The Morgan fingerprint density at radius 3 is 2.47 bits per heavy atom. The summed E-state index contributed by atoms with van der Waals surface area (Å²) in [5, 5.41) is 6.03. The average Bonchev–Trinajstić information content (AvgIpc) is 2.91. The van der Waals surface area contributed by atoms with Gasteiger partial charge in [0.05, 0.1) is 13.2 Å². The smallest absolute Gasteiger partial charge is 0.253 e. The van der Waals surface area contributed by atoms with Crippen LogP contribution in [0.3, 0.4) is 0 Å². The maximum absolute atomic E-state index is 12.8. The molecule has 0 bridgehead atoms. The Bertz CT molecular complexity index is 1140. The van der Waals surface area contributed by atoms with E-state index in [0.29, 0.717) is 23.8 Å². The SMILES string of the molecule is CC1CCN(C(=O)c2cccc(NC(=O)CNc3cccc(OCCCc4ccccc4)c3)c2)CC1. The number of carbonyl (C=O) groups excluding carboxylic acids is 2. The third-order valence-electron chi connectivity index (χ3n) is 6.47. The van der Waals surface area contributed by atoms with E-state index in [2.05, 4.69) is 29.7 Å². The molecule has 0 saturated carbocycles. The standard InChI is InChI=1S/C30H35N3O3/c1-23-15-17-33(18-16-23)30(35)25-11-5-13-27(20-25)32-29(34)22-31-26-12-6-14-28(21-26)36-19-7-10-24-8-3-2-4-9-24/h2-6,8-9,11-14,20-21,23,31H,7,10,15-19,22H2,1H3,(H,32,34). The van der Waals surface area contributed by atoms with Crippen LogP contribution in [0.5, 0.6) is 5.75 Å². The Balaban J connectivity index is 1.22. The summed E-state index contributed by atoms with van der Waals surface area (Å²) in [5.41, 5.74) is 3.34. The molecule has 188 valence electrons. The molecule has 1 heterocycles. The Morgan fingerprint density at radius 1 is 0.917 bits per heavy atom. The summed E-state index contributed by atoms with van der Waals surface area (Å²) in [6, 6.07) is 25.2. The zero-order chi connectivity index (χ0) is 25.2. The number of amides is 2. The van der Waals surface area contributed by atoms with E-state index in [-0.39, 0.29) is 18.4 Å². The highest BCUT2D eigenvalue weighted by atomic mass is 16.5. The number of hydrogen-bond acceptors (Lipinski definition) is 4. The quantitative estimate of drug-likeness (QED) is 0.366. The van der Waals surface area contributed by atoms with Gasteiger partial charge in [-0.2, -0.15) is 0 Å². The van der Waals surface area contributed by atoms with Crippen molar-refractivity contribution in [1.29, 1.82) is 0 Å². The molecule has 1 saturated heterocycles.